The van der Waals surface area contributed by atoms with E-state index in [1.54, 1.807) is 28.9 Å². The topological polar surface area (TPSA) is 33.2 Å². The maximum Gasteiger partial charge on any atom is 0.237 e. The zero-order valence-electron chi connectivity index (χ0n) is 9.17. The van der Waals surface area contributed by atoms with E-state index >= 15 is 0 Å². The van der Waals surface area contributed by atoms with Crippen LogP contribution in [0, 0.1) is 0 Å². The molecule has 3 nitrogen and oxygen atoms in total. The number of hydrogen-bond acceptors (Lipinski definition) is 3. The molecular weight excluding hydrogens is 220 g/mol. The van der Waals surface area contributed by atoms with Crippen LogP contribution in [0.4, 0.5) is 0 Å². The van der Waals surface area contributed by atoms with Crippen molar-refractivity contribution in [2.24, 2.45) is 0 Å². The maximum absolute atomic E-state index is 11.9. The summed E-state index contributed by atoms with van der Waals surface area (Å²) < 4.78 is 0. The Balaban J connectivity index is 2.19. The van der Waals surface area contributed by atoms with Crippen molar-refractivity contribution in [2.75, 3.05) is 7.05 Å². The van der Waals surface area contributed by atoms with E-state index < -0.39 is 0 Å². The number of amides is 1. The van der Waals surface area contributed by atoms with Gasteiger partial charge < -0.3 is 4.90 Å². The highest BCUT2D eigenvalue weighted by Gasteiger charge is 2.37. The SMILES string of the molecule is C=CC[C@H]1S[C@H](c2cccnc2)N(C)C1=O. The van der Waals surface area contributed by atoms with E-state index in [9.17, 15) is 4.79 Å². The van der Waals surface area contributed by atoms with Crippen molar-refractivity contribution in [1.82, 2.24) is 9.88 Å². The van der Waals surface area contributed by atoms with Crippen LogP contribution in [0.5, 0.6) is 0 Å². The Bertz CT molecular complexity index is 393. The Morgan fingerprint density at radius 3 is 3.12 bits per heavy atom. The van der Waals surface area contributed by atoms with Crippen LogP contribution in [-0.4, -0.2) is 28.1 Å². The summed E-state index contributed by atoms with van der Waals surface area (Å²) >= 11 is 1.67. The van der Waals surface area contributed by atoms with Crippen LogP contribution >= 0.6 is 11.8 Å². The number of aromatic nitrogens is 1. The average Bonchev–Trinajstić information content (AvgIpc) is 2.59. The molecule has 1 aromatic heterocycles. The number of carbonyl (C=O) groups excluding carboxylic acids is 1. The monoisotopic (exact) mass is 234 g/mol. The van der Waals surface area contributed by atoms with Crippen molar-refractivity contribution in [3.8, 4) is 0 Å². The van der Waals surface area contributed by atoms with Gasteiger partial charge in [0.05, 0.1) is 5.25 Å². The predicted octanol–water partition coefficient (Wildman–Crippen LogP) is 2.23. The van der Waals surface area contributed by atoms with Gasteiger partial charge >= 0.3 is 0 Å². The van der Waals surface area contributed by atoms with Gasteiger partial charge in [-0.1, -0.05) is 12.1 Å². The average molecular weight is 234 g/mol. The van der Waals surface area contributed by atoms with Crippen LogP contribution in [0.25, 0.3) is 0 Å². The quantitative estimate of drug-likeness (QED) is 0.752. The van der Waals surface area contributed by atoms with Gasteiger partial charge in [-0.25, -0.2) is 0 Å². The third-order valence-electron chi connectivity index (χ3n) is 2.62. The normalized spacial score (nSPS) is 24.8. The van der Waals surface area contributed by atoms with Gasteiger partial charge in [0.2, 0.25) is 5.91 Å². The summed E-state index contributed by atoms with van der Waals surface area (Å²) in [6.45, 7) is 3.69. The zero-order chi connectivity index (χ0) is 11.5. The Hall–Kier alpha value is -1.29. The first kappa shape index (κ1) is 11.2. The molecule has 1 fully saturated rings. The predicted molar refractivity (Wildman–Crippen MR) is 65.9 cm³/mol. The second kappa shape index (κ2) is 4.70. The summed E-state index contributed by atoms with van der Waals surface area (Å²) in [5, 5.41) is 0.0962. The number of rotatable bonds is 3. The van der Waals surface area contributed by atoms with Gasteiger partial charge in [0.1, 0.15) is 5.37 Å². The highest BCUT2D eigenvalue weighted by atomic mass is 32.2. The van der Waals surface area contributed by atoms with Gasteiger partial charge in [-0.3, -0.25) is 9.78 Å². The minimum Gasteiger partial charge on any atom is -0.329 e. The van der Waals surface area contributed by atoms with E-state index in [1.165, 1.54) is 0 Å². The highest BCUT2D eigenvalue weighted by molar-refractivity contribution is 8.01. The molecule has 0 bridgehead atoms. The number of carbonyl (C=O) groups is 1. The van der Waals surface area contributed by atoms with Gasteiger partial charge in [-0.15, -0.1) is 18.3 Å². The first-order valence-corrected chi connectivity index (χ1v) is 6.11. The molecule has 2 atom stereocenters. The van der Waals surface area contributed by atoms with Gasteiger partial charge in [0, 0.05) is 25.0 Å². The molecule has 1 aliphatic rings. The first-order valence-electron chi connectivity index (χ1n) is 5.17. The largest absolute Gasteiger partial charge is 0.329 e. The lowest BCUT2D eigenvalue weighted by Crippen LogP contribution is -2.26. The lowest BCUT2D eigenvalue weighted by molar-refractivity contribution is -0.128. The summed E-state index contributed by atoms with van der Waals surface area (Å²) in [6, 6.07) is 3.90. The Labute approximate surface area is 99.6 Å². The molecule has 0 saturated carbocycles. The van der Waals surface area contributed by atoms with E-state index in [2.05, 4.69) is 11.6 Å². The second-order valence-corrected chi connectivity index (χ2v) is 5.02. The molecule has 0 aliphatic carbocycles. The van der Waals surface area contributed by atoms with Crippen molar-refractivity contribution < 1.29 is 4.79 Å². The van der Waals surface area contributed by atoms with Crippen molar-refractivity contribution in [1.29, 1.82) is 0 Å². The fraction of sp³-hybridized carbons (Fsp3) is 0.333. The van der Waals surface area contributed by atoms with E-state index in [4.69, 9.17) is 0 Å². The number of pyridine rings is 1. The maximum atomic E-state index is 11.9. The van der Waals surface area contributed by atoms with Gasteiger partial charge in [0.25, 0.3) is 0 Å². The molecule has 2 rings (SSSR count). The summed E-state index contributed by atoms with van der Waals surface area (Å²) in [5.41, 5.74) is 1.08. The molecule has 0 spiro atoms. The molecule has 0 radical (unpaired) electrons. The summed E-state index contributed by atoms with van der Waals surface area (Å²) in [6.07, 6.45) is 6.09. The van der Waals surface area contributed by atoms with Crippen LogP contribution < -0.4 is 0 Å². The highest BCUT2D eigenvalue weighted by Crippen LogP contribution is 2.42. The minimum atomic E-state index is 0.00714. The van der Waals surface area contributed by atoms with E-state index in [1.807, 2.05) is 25.4 Å². The smallest absolute Gasteiger partial charge is 0.237 e. The Morgan fingerprint density at radius 2 is 2.50 bits per heavy atom. The molecule has 16 heavy (non-hydrogen) atoms. The van der Waals surface area contributed by atoms with Crippen LogP contribution in [0.3, 0.4) is 0 Å². The lowest BCUT2D eigenvalue weighted by Gasteiger charge is -2.18. The molecular formula is C12H14N2OS. The van der Waals surface area contributed by atoms with Crippen LogP contribution in [0.2, 0.25) is 0 Å². The molecule has 0 N–H and O–H groups in total. The van der Waals surface area contributed by atoms with E-state index in [0.717, 1.165) is 12.0 Å². The fourth-order valence-corrected chi connectivity index (χ4v) is 3.20. The van der Waals surface area contributed by atoms with Crippen LogP contribution in [0.15, 0.2) is 37.2 Å². The molecule has 1 aromatic rings. The molecule has 84 valence electrons. The molecule has 2 heterocycles. The molecule has 0 unspecified atom stereocenters. The lowest BCUT2D eigenvalue weighted by atomic mass is 10.2. The standard InChI is InChI=1S/C12H14N2OS/c1-3-5-10-11(15)14(2)12(16-10)9-6-4-7-13-8-9/h3-4,6-8,10,12H,1,5H2,2H3/t10-,12-/m1/s1. The number of thioether (sulfide) groups is 1. The van der Waals surface area contributed by atoms with Crippen molar-refractivity contribution in [3.63, 3.8) is 0 Å². The minimum absolute atomic E-state index is 0.00714. The summed E-state index contributed by atoms with van der Waals surface area (Å²) in [4.78, 5) is 17.8. The summed E-state index contributed by atoms with van der Waals surface area (Å²) in [5.74, 6) is 0.179. The number of allylic oxidation sites excluding steroid dienone is 1. The third-order valence-corrected chi connectivity index (χ3v) is 4.19. The molecule has 1 aliphatic heterocycles. The Kier molecular flexibility index (Phi) is 3.29. The van der Waals surface area contributed by atoms with Gasteiger partial charge in [-0.2, -0.15) is 0 Å². The summed E-state index contributed by atoms with van der Waals surface area (Å²) in [7, 11) is 1.84. The van der Waals surface area contributed by atoms with Gasteiger partial charge in [0.15, 0.2) is 0 Å². The molecule has 4 heteroatoms. The van der Waals surface area contributed by atoms with E-state index in [0.29, 0.717) is 0 Å². The van der Waals surface area contributed by atoms with Crippen LogP contribution in [0.1, 0.15) is 17.4 Å². The third kappa shape index (κ3) is 1.97. The van der Waals surface area contributed by atoms with Crippen LogP contribution in [-0.2, 0) is 4.79 Å². The first-order chi connectivity index (χ1) is 7.74. The number of nitrogens with zero attached hydrogens (tertiary/aromatic N) is 2. The second-order valence-electron chi connectivity index (χ2n) is 3.74. The van der Waals surface area contributed by atoms with Crippen molar-refractivity contribution in [3.05, 3.63) is 42.7 Å². The molecule has 1 saturated heterocycles. The van der Waals surface area contributed by atoms with E-state index in [-0.39, 0.29) is 16.5 Å². The van der Waals surface area contributed by atoms with Crippen molar-refractivity contribution in [2.45, 2.75) is 17.0 Å². The fourth-order valence-electron chi connectivity index (χ4n) is 1.78. The van der Waals surface area contributed by atoms with Gasteiger partial charge in [-0.05, 0) is 12.5 Å². The zero-order valence-corrected chi connectivity index (χ0v) is 9.98. The van der Waals surface area contributed by atoms with Crippen molar-refractivity contribution >= 4 is 17.7 Å². The molecule has 0 aromatic carbocycles. The molecule has 1 amide bonds. The Morgan fingerprint density at radius 1 is 1.69 bits per heavy atom. The number of hydrogen-bond donors (Lipinski definition) is 0.